The van der Waals surface area contributed by atoms with Crippen molar-refractivity contribution in [3.8, 4) is 5.75 Å². The van der Waals surface area contributed by atoms with E-state index in [4.69, 9.17) is 4.74 Å². The molecule has 0 amide bonds. The van der Waals surface area contributed by atoms with Gasteiger partial charge < -0.3 is 4.74 Å². The molecule has 0 fully saturated rings. The number of nitro benzene ring substituents is 1. The molecule has 0 unspecified atom stereocenters. The van der Waals surface area contributed by atoms with Crippen LogP contribution in [0.1, 0.15) is 33.6 Å². The van der Waals surface area contributed by atoms with Crippen LogP contribution in [0.15, 0.2) is 47.6 Å². The SMILES string of the molecule is CC(C)=CCC/C(C)=C/COc1ccccc1[N+](=O)[O-]. The lowest BCUT2D eigenvalue weighted by Crippen LogP contribution is -1.98. The molecule has 1 rings (SSSR count). The minimum Gasteiger partial charge on any atom is -0.483 e. The van der Waals surface area contributed by atoms with Gasteiger partial charge in [0.1, 0.15) is 6.61 Å². The van der Waals surface area contributed by atoms with Crippen LogP contribution in [0.5, 0.6) is 5.75 Å². The Morgan fingerprint density at radius 3 is 2.60 bits per heavy atom. The molecule has 108 valence electrons. The molecule has 0 bridgehead atoms. The van der Waals surface area contributed by atoms with Gasteiger partial charge in [0.15, 0.2) is 5.75 Å². The molecule has 20 heavy (non-hydrogen) atoms. The Balaban J connectivity index is 2.51. The van der Waals surface area contributed by atoms with E-state index in [9.17, 15) is 10.1 Å². The number of nitro groups is 1. The maximum absolute atomic E-state index is 10.8. The molecule has 0 spiro atoms. The highest BCUT2D eigenvalue weighted by Gasteiger charge is 2.12. The zero-order valence-corrected chi connectivity index (χ0v) is 12.3. The third-order valence-corrected chi connectivity index (χ3v) is 2.82. The molecule has 4 heteroatoms. The number of allylic oxidation sites excluding steroid dienone is 3. The summed E-state index contributed by atoms with van der Waals surface area (Å²) in [6.07, 6.45) is 6.15. The van der Waals surface area contributed by atoms with Crippen molar-refractivity contribution in [2.45, 2.75) is 33.6 Å². The van der Waals surface area contributed by atoms with E-state index >= 15 is 0 Å². The first kappa shape index (κ1) is 16.0. The topological polar surface area (TPSA) is 52.4 Å². The first-order chi connectivity index (χ1) is 9.50. The number of benzene rings is 1. The summed E-state index contributed by atoms with van der Waals surface area (Å²) in [6.45, 7) is 6.56. The molecule has 0 saturated heterocycles. The van der Waals surface area contributed by atoms with Crippen molar-refractivity contribution < 1.29 is 9.66 Å². The predicted octanol–water partition coefficient (Wildman–Crippen LogP) is 4.67. The monoisotopic (exact) mass is 275 g/mol. The molecule has 0 N–H and O–H groups in total. The van der Waals surface area contributed by atoms with Crippen LogP contribution in [-0.2, 0) is 0 Å². The van der Waals surface area contributed by atoms with Crippen LogP contribution in [0.2, 0.25) is 0 Å². The Morgan fingerprint density at radius 2 is 1.95 bits per heavy atom. The number of nitrogens with zero attached hydrogens (tertiary/aromatic N) is 1. The van der Waals surface area contributed by atoms with E-state index in [1.165, 1.54) is 17.2 Å². The van der Waals surface area contributed by atoms with Crippen LogP contribution in [0, 0.1) is 10.1 Å². The zero-order valence-electron chi connectivity index (χ0n) is 12.3. The van der Waals surface area contributed by atoms with Crippen LogP contribution >= 0.6 is 0 Å². The molecule has 0 aliphatic carbocycles. The van der Waals surface area contributed by atoms with E-state index in [-0.39, 0.29) is 5.69 Å². The average Bonchev–Trinajstić information content (AvgIpc) is 2.38. The van der Waals surface area contributed by atoms with Gasteiger partial charge in [-0.05, 0) is 45.8 Å². The third kappa shape index (κ3) is 5.69. The maximum Gasteiger partial charge on any atom is 0.310 e. The molecule has 0 atom stereocenters. The third-order valence-electron chi connectivity index (χ3n) is 2.82. The lowest BCUT2D eigenvalue weighted by molar-refractivity contribution is -0.385. The molecule has 1 aromatic carbocycles. The summed E-state index contributed by atoms with van der Waals surface area (Å²) in [5.41, 5.74) is 2.54. The van der Waals surface area contributed by atoms with Gasteiger partial charge in [-0.25, -0.2) is 0 Å². The van der Waals surface area contributed by atoms with Gasteiger partial charge in [0.25, 0.3) is 0 Å². The second kappa shape index (κ2) is 8.15. The fourth-order valence-corrected chi connectivity index (χ4v) is 1.69. The number of rotatable bonds is 7. The molecule has 0 radical (unpaired) electrons. The summed E-state index contributed by atoms with van der Waals surface area (Å²) < 4.78 is 5.46. The standard InChI is InChI=1S/C16H21NO3/c1-13(2)7-6-8-14(3)11-12-20-16-10-5-4-9-15(16)17(18)19/h4-5,7,9-11H,6,8,12H2,1-3H3/b14-11+. The highest BCUT2D eigenvalue weighted by molar-refractivity contribution is 5.45. The van der Waals surface area contributed by atoms with E-state index in [0.29, 0.717) is 12.4 Å². The Labute approximate surface area is 119 Å². The van der Waals surface area contributed by atoms with E-state index in [1.54, 1.807) is 18.2 Å². The van der Waals surface area contributed by atoms with Gasteiger partial charge in [-0.1, -0.05) is 29.4 Å². The lowest BCUT2D eigenvalue weighted by Gasteiger charge is -2.05. The smallest absolute Gasteiger partial charge is 0.310 e. The van der Waals surface area contributed by atoms with E-state index < -0.39 is 4.92 Å². The summed E-state index contributed by atoms with van der Waals surface area (Å²) >= 11 is 0. The van der Waals surface area contributed by atoms with Crippen molar-refractivity contribution in [1.82, 2.24) is 0 Å². The zero-order chi connectivity index (χ0) is 15.0. The van der Waals surface area contributed by atoms with Gasteiger partial charge in [0, 0.05) is 6.07 Å². The summed E-state index contributed by atoms with van der Waals surface area (Å²) in [5, 5.41) is 10.8. The minimum absolute atomic E-state index is 0.00286. The number of ether oxygens (including phenoxy) is 1. The van der Waals surface area contributed by atoms with Gasteiger partial charge in [-0.3, -0.25) is 10.1 Å². The molecular weight excluding hydrogens is 254 g/mol. The van der Waals surface area contributed by atoms with Gasteiger partial charge in [-0.2, -0.15) is 0 Å². The Kier molecular flexibility index (Phi) is 6.50. The summed E-state index contributed by atoms with van der Waals surface area (Å²) in [4.78, 5) is 10.4. The van der Waals surface area contributed by atoms with Crippen LogP contribution in [0.3, 0.4) is 0 Å². The first-order valence-electron chi connectivity index (χ1n) is 6.66. The summed E-state index contributed by atoms with van der Waals surface area (Å²) in [5.74, 6) is 0.311. The summed E-state index contributed by atoms with van der Waals surface area (Å²) in [6, 6.07) is 6.42. The van der Waals surface area contributed by atoms with Crippen molar-refractivity contribution in [2.24, 2.45) is 0 Å². The van der Waals surface area contributed by atoms with Crippen molar-refractivity contribution >= 4 is 5.69 Å². The second-order valence-electron chi connectivity index (χ2n) is 4.91. The summed E-state index contributed by atoms with van der Waals surface area (Å²) in [7, 11) is 0. The van der Waals surface area contributed by atoms with Gasteiger partial charge in [0.05, 0.1) is 4.92 Å². The normalized spacial score (nSPS) is 11.1. The van der Waals surface area contributed by atoms with Gasteiger partial charge >= 0.3 is 5.69 Å². The highest BCUT2D eigenvalue weighted by Crippen LogP contribution is 2.25. The quantitative estimate of drug-likeness (QED) is 0.413. The van der Waals surface area contributed by atoms with Gasteiger partial charge in [0.2, 0.25) is 0 Å². The lowest BCUT2D eigenvalue weighted by atomic mass is 10.1. The Morgan fingerprint density at radius 1 is 1.25 bits per heavy atom. The molecular formula is C16H21NO3. The second-order valence-corrected chi connectivity index (χ2v) is 4.91. The minimum atomic E-state index is -0.430. The van der Waals surface area contributed by atoms with Crippen molar-refractivity contribution in [3.63, 3.8) is 0 Å². The number of hydrogen-bond acceptors (Lipinski definition) is 3. The van der Waals surface area contributed by atoms with Crippen molar-refractivity contribution in [2.75, 3.05) is 6.61 Å². The predicted molar refractivity (Wildman–Crippen MR) is 81.0 cm³/mol. The van der Waals surface area contributed by atoms with Crippen LogP contribution in [-0.4, -0.2) is 11.5 Å². The van der Waals surface area contributed by atoms with E-state index in [0.717, 1.165) is 12.8 Å². The number of hydrogen-bond donors (Lipinski definition) is 0. The first-order valence-corrected chi connectivity index (χ1v) is 6.66. The molecule has 0 saturated carbocycles. The highest BCUT2D eigenvalue weighted by atomic mass is 16.6. The van der Waals surface area contributed by atoms with E-state index in [1.807, 2.05) is 13.0 Å². The Bertz CT molecular complexity index is 514. The fourth-order valence-electron chi connectivity index (χ4n) is 1.69. The van der Waals surface area contributed by atoms with E-state index in [2.05, 4.69) is 19.9 Å². The van der Waals surface area contributed by atoms with Crippen molar-refractivity contribution in [1.29, 1.82) is 0 Å². The average molecular weight is 275 g/mol. The molecule has 0 aliphatic heterocycles. The molecule has 1 aromatic rings. The maximum atomic E-state index is 10.8. The van der Waals surface area contributed by atoms with Crippen LogP contribution in [0.25, 0.3) is 0 Å². The van der Waals surface area contributed by atoms with Crippen molar-refractivity contribution in [3.05, 3.63) is 57.7 Å². The largest absolute Gasteiger partial charge is 0.483 e. The molecule has 0 aliphatic rings. The number of para-hydroxylation sites is 2. The fraction of sp³-hybridized carbons (Fsp3) is 0.375. The molecule has 0 heterocycles. The Hall–Kier alpha value is -2.10. The van der Waals surface area contributed by atoms with Crippen LogP contribution < -0.4 is 4.74 Å². The molecule has 0 aromatic heterocycles. The van der Waals surface area contributed by atoms with Crippen LogP contribution in [0.4, 0.5) is 5.69 Å². The van der Waals surface area contributed by atoms with Gasteiger partial charge in [-0.15, -0.1) is 0 Å². The molecule has 4 nitrogen and oxygen atoms in total.